The first-order valence-electron chi connectivity index (χ1n) is 5.58. The van der Waals surface area contributed by atoms with E-state index in [1.54, 1.807) is 0 Å². The normalized spacial score (nSPS) is 15.3. The third-order valence-electron chi connectivity index (χ3n) is 2.66. The summed E-state index contributed by atoms with van der Waals surface area (Å²) in [6, 6.07) is 10.0. The zero-order valence-electron chi connectivity index (χ0n) is 9.56. The van der Waals surface area contributed by atoms with Gasteiger partial charge in [-0.2, -0.15) is 0 Å². The van der Waals surface area contributed by atoms with Crippen molar-refractivity contribution in [2.24, 2.45) is 11.7 Å². The van der Waals surface area contributed by atoms with Crippen molar-refractivity contribution >= 4 is 0 Å². The molecule has 2 atom stereocenters. The average Bonchev–Trinajstić information content (AvgIpc) is 2.19. The molecule has 1 rings (SSSR count). The van der Waals surface area contributed by atoms with E-state index in [0.29, 0.717) is 12.5 Å². The minimum atomic E-state index is -0.336. The van der Waals surface area contributed by atoms with E-state index in [4.69, 9.17) is 5.73 Å². The van der Waals surface area contributed by atoms with E-state index in [1.807, 2.05) is 30.3 Å². The molecule has 0 radical (unpaired) electrons. The smallest absolute Gasteiger partial charge is 0.0623 e. The van der Waals surface area contributed by atoms with Gasteiger partial charge in [0.25, 0.3) is 0 Å². The second-order valence-electron chi connectivity index (χ2n) is 4.45. The van der Waals surface area contributed by atoms with Crippen LogP contribution >= 0.6 is 0 Å². The van der Waals surface area contributed by atoms with Crippen LogP contribution in [-0.4, -0.2) is 17.8 Å². The molecule has 1 aromatic rings. The molecule has 1 aromatic carbocycles. The minimum Gasteiger partial charge on any atom is -0.392 e. The van der Waals surface area contributed by atoms with Gasteiger partial charge >= 0.3 is 0 Å². The lowest BCUT2D eigenvalue weighted by Gasteiger charge is -2.23. The topological polar surface area (TPSA) is 46.2 Å². The van der Waals surface area contributed by atoms with Crippen molar-refractivity contribution in [1.82, 2.24) is 0 Å². The molecule has 0 aliphatic rings. The summed E-state index contributed by atoms with van der Waals surface area (Å²) in [5.74, 6) is 0.561. The van der Waals surface area contributed by atoms with Crippen molar-refractivity contribution in [2.75, 3.05) is 6.54 Å². The fourth-order valence-corrected chi connectivity index (χ4v) is 1.86. The van der Waals surface area contributed by atoms with Crippen LogP contribution < -0.4 is 5.73 Å². The van der Waals surface area contributed by atoms with Crippen molar-refractivity contribution in [3.63, 3.8) is 0 Å². The molecular weight excluding hydrogens is 186 g/mol. The fraction of sp³-hybridized carbons (Fsp3) is 0.538. The summed E-state index contributed by atoms with van der Waals surface area (Å²) in [7, 11) is 0. The monoisotopic (exact) mass is 207 g/mol. The molecule has 0 aliphatic carbocycles. The summed E-state index contributed by atoms with van der Waals surface area (Å²) in [4.78, 5) is 0. The molecule has 3 N–H and O–H groups in total. The average molecular weight is 207 g/mol. The molecular formula is C13H21NO. The largest absolute Gasteiger partial charge is 0.392 e. The van der Waals surface area contributed by atoms with Gasteiger partial charge in [-0.15, -0.1) is 0 Å². The Balaban J connectivity index is 2.71. The molecule has 84 valence electrons. The quantitative estimate of drug-likeness (QED) is 0.777. The van der Waals surface area contributed by atoms with Gasteiger partial charge in [0.15, 0.2) is 0 Å². The van der Waals surface area contributed by atoms with Gasteiger partial charge in [0.2, 0.25) is 0 Å². The second-order valence-corrected chi connectivity index (χ2v) is 4.45. The predicted molar refractivity (Wildman–Crippen MR) is 63.7 cm³/mol. The van der Waals surface area contributed by atoms with Crippen LogP contribution in [0.4, 0.5) is 0 Å². The Morgan fingerprint density at radius 1 is 1.20 bits per heavy atom. The molecule has 0 spiro atoms. The first kappa shape index (κ1) is 12.2. The number of nitrogens with two attached hydrogens (primary N) is 1. The Hall–Kier alpha value is -0.860. The highest BCUT2D eigenvalue weighted by atomic mass is 16.3. The highest BCUT2D eigenvalue weighted by Crippen LogP contribution is 2.22. The first-order chi connectivity index (χ1) is 7.15. The molecule has 15 heavy (non-hydrogen) atoms. The Labute approximate surface area is 92.1 Å². The van der Waals surface area contributed by atoms with E-state index in [1.165, 1.54) is 0 Å². The molecule has 2 nitrogen and oxygen atoms in total. The van der Waals surface area contributed by atoms with Gasteiger partial charge < -0.3 is 10.8 Å². The van der Waals surface area contributed by atoms with Crippen LogP contribution in [0.3, 0.4) is 0 Å². The highest BCUT2D eigenvalue weighted by molar-refractivity contribution is 5.21. The van der Waals surface area contributed by atoms with Gasteiger partial charge in [-0.1, -0.05) is 44.2 Å². The van der Waals surface area contributed by atoms with Crippen LogP contribution in [0.2, 0.25) is 0 Å². The maximum atomic E-state index is 10.1. The number of hydrogen-bond acceptors (Lipinski definition) is 2. The zero-order chi connectivity index (χ0) is 11.3. The van der Waals surface area contributed by atoms with Gasteiger partial charge in [-0.05, 0) is 17.9 Å². The molecule has 0 aromatic heterocycles. The van der Waals surface area contributed by atoms with Gasteiger partial charge in [-0.25, -0.2) is 0 Å². The number of aliphatic hydroxyl groups excluding tert-OH is 1. The van der Waals surface area contributed by atoms with Gasteiger partial charge in [0.05, 0.1) is 6.10 Å². The minimum absolute atomic E-state index is 0.0635. The maximum absolute atomic E-state index is 10.1. The molecule has 2 heteroatoms. The number of rotatable bonds is 5. The predicted octanol–water partition coefficient (Wildman–Crippen LogP) is 2.14. The van der Waals surface area contributed by atoms with Crippen molar-refractivity contribution in [2.45, 2.75) is 32.3 Å². The molecule has 0 heterocycles. The van der Waals surface area contributed by atoms with Gasteiger partial charge in [0.1, 0.15) is 0 Å². The SMILES string of the molecule is CC(C)CC(O)C(CN)c1ccccc1. The molecule has 0 amide bonds. The van der Waals surface area contributed by atoms with Crippen LogP contribution in [-0.2, 0) is 0 Å². The number of benzene rings is 1. The van der Waals surface area contributed by atoms with Crippen LogP contribution in [0.25, 0.3) is 0 Å². The molecule has 0 fully saturated rings. The summed E-state index contributed by atoms with van der Waals surface area (Å²) in [6.07, 6.45) is 0.467. The third-order valence-corrected chi connectivity index (χ3v) is 2.66. The lowest BCUT2D eigenvalue weighted by molar-refractivity contribution is 0.121. The van der Waals surface area contributed by atoms with Crippen molar-refractivity contribution < 1.29 is 5.11 Å². The van der Waals surface area contributed by atoms with Crippen LogP contribution in [0, 0.1) is 5.92 Å². The third kappa shape index (κ3) is 3.65. The van der Waals surface area contributed by atoms with Crippen molar-refractivity contribution in [3.05, 3.63) is 35.9 Å². The highest BCUT2D eigenvalue weighted by Gasteiger charge is 2.20. The second kappa shape index (κ2) is 5.89. The Morgan fingerprint density at radius 2 is 1.80 bits per heavy atom. The van der Waals surface area contributed by atoms with Crippen LogP contribution in [0.1, 0.15) is 31.7 Å². The fourth-order valence-electron chi connectivity index (χ4n) is 1.86. The van der Waals surface area contributed by atoms with E-state index < -0.39 is 0 Å². The Morgan fingerprint density at radius 3 is 2.27 bits per heavy atom. The van der Waals surface area contributed by atoms with Gasteiger partial charge in [-0.3, -0.25) is 0 Å². The number of aliphatic hydroxyl groups is 1. The van der Waals surface area contributed by atoms with Crippen LogP contribution in [0.5, 0.6) is 0 Å². The summed E-state index contributed by atoms with van der Waals surface area (Å²) in [5, 5.41) is 10.1. The van der Waals surface area contributed by atoms with Gasteiger partial charge in [0, 0.05) is 12.5 Å². The molecule has 0 aliphatic heterocycles. The maximum Gasteiger partial charge on any atom is 0.0623 e. The Bertz CT molecular complexity index is 271. The summed E-state index contributed by atoms with van der Waals surface area (Å²) >= 11 is 0. The molecule has 0 saturated heterocycles. The van der Waals surface area contributed by atoms with E-state index >= 15 is 0 Å². The number of hydrogen-bond donors (Lipinski definition) is 2. The summed E-state index contributed by atoms with van der Waals surface area (Å²) in [6.45, 7) is 4.72. The summed E-state index contributed by atoms with van der Waals surface area (Å²) in [5.41, 5.74) is 6.85. The lowest BCUT2D eigenvalue weighted by Crippen LogP contribution is -2.27. The zero-order valence-corrected chi connectivity index (χ0v) is 9.56. The lowest BCUT2D eigenvalue weighted by atomic mass is 9.89. The van der Waals surface area contributed by atoms with Crippen molar-refractivity contribution in [1.29, 1.82) is 0 Å². The van der Waals surface area contributed by atoms with E-state index in [-0.39, 0.29) is 12.0 Å². The van der Waals surface area contributed by atoms with E-state index in [2.05, 4.69) is 13.8 Å². The molecule has 0 saturated carbocycles. The van der Waals surface area contributed by atoms with E-state index in [0.717, 1.165) is 12.0 Å². The van der Waals surface area contributed by atoms with Crippen LogP contribution in [0.15, 0.2) is 30.3 Å². The summed E-state index contributed by atoms with van der Waals surface area (Å²) < 4.78 is 0. The molecule has 2 unspecified atom stereocenters. The first-order valence-corrected chi connectivity index (χ1v) is 5.58. The molecule has 0 bridgehead atoms. The standard InChI is InChI=1S/C13H21NO/c1-10(2)8-13(15)12(9-14)11-6-4-3-5-7-11/h3-7,10,12-13,15H,8-9,14H2,1-2H3. The Kier molecular flexibility index (Phi) is 4.79. The van der Waals surface area contributed by atoms with E-state index in [9.17, 15) is 5.11 Å². The van der Waals surface area contributed by atoms with Crippen molar-refractivity contribution in [3.8, 4) is 0 Å².